The molecule has 6 atom stereocenters. The molecule has 2 aromatic heterocycles. The summed E-state index contributed by atoms with van der Waals surface area (Å²) in [6.07, 6.45) is 5.96. The quantitative estimate of drug-likeness (QED) is 0.247. The molecule has 8 nitrogen and oxygen atoms in total. The molecule has 0 radical (unpaired) electrons. The molecule has 12 heteroatoms. The number of ether oxygens (including phenoxy) is 2. The van der Waals surface area contributed by atoms with E-state index in [2.05, 4.69) is 20.8 Å². The summed E-state index contributed by atoms with van der Waals surface area (Å²) in [5, 5.41) is 1.24. The number of anilines is 1. The zero-order valence-corrected chi connectivity index (χ0v) is 24.9. The number of nitrogens with two attached hydrogens (primary N) is 1. The standard InChI is InChI=1S/C34H32F4N6O2/c1-2-21-25(36)7-6-19-4-3-5-22(26(19)21)29-28(38)30-23(13-40-29)32(44-8-9-45-16-24-27(37)31(24)44)42-33(41-30)46-17-34-10-18(12-39)14-43(34)15-20(35)11-34/h1,3-7,13,18,20,24,27,31H,8-12,14-17,39H2/t18-,20-,24+,27+,31+,34+/m1/s1. The Hall–Kier alpha value is -4.05. The first kappa shape index (κ1) is 29.4. The van der Waals surface area contributed by atoms with Crippen LogP contribution >= 0.6 is 0 Å². The lowest BCUT2D eigenvalue weighted by Gasteiger charge is -2.31. The van der Waals surface area contributed by atoms with Gasteiger partial charge >= 0.3 is 6.01 Å². The molecule has 0 unspecified atom stereocenters. The normalized spacial score (nSPS) is 29.0. The Kier molecular flexibility index (Phi) is 7.04. The number of benzene rings is 2. The Balaban J connectivity index is 1.26. The van der Waals surface area contributed by atoms with Crippen molar-refractivity contribution < 1.29 is 27.0 Å². The van der Waals surface area contributed by atoms with E-state index >= 15 is 4.39 Å². The number of pyridine rings is 1. The molecule has 3 saturated heterocycles. The van der Waals surface area contributed by atoms with Gasteiger partial charge in [-0.15, -0.1) is 6.42 Å². The Morgan fingerprint density at radius 3 is 2.83 bits per heavy atom. The second-order valence-corrected chi connectivity index (χ2v) is 12.9. The number of nitrogens with zero attached hydrogens (tertiary/aromatic N) is 5. The number of hydrogen-bond acceptors (Lipinski definition) is 8. The molecule has 2 aromatic carbocycles. The summed E-state index contributed by atoms with van der Waals surface area (Å²) >= 11 is 0. The Labute approximate surface area is 262 Å². The van der Waals surface area contributed by atoms with E-state index in [9.17, 15) is 13.2 Å². The largest absolute Gasteiger partial charge is 0.461 e. The van der Waals surface area contributed by atoms with E-state index in [0.717, 1.165) is 0 Å². The zero-order valence-electron chi connectivity index (χ0n) is 24.9. The van der Waals surface area contributed by atoms with Gasteiger partial charge in [0, 0.05) is 49.1 Å². The Morgan fingerprint density at radius 2 is 2.00 bits per heavy atom. The van der Waals surface area contributed by atoms with Gasteiger partial charge in [-0.3, -0.25) is 9.88 Å². The maximum absolute atomic E-state index is 16.8. The summed E-state index contributed by atoms with van der Waals surface area (Å²) in [5.41, 5.74) is 5.52. The van der Waals surface area contributed by atoms with Crippen LogP contribution in [0.25, 0.3) is 32.9 Å². The third kappa shape index (κ3) is 4.59. The zero-order chi connectivity index (χ0) is 31.7. The van der Waals surface area contributed by atoms with Crippen molar-refractivity contribution in [3.05, 3.63) is 53.7 Å². The Bertz CT molecular complexity index is 1900. The molecular formula is C34H32F4N6O2. The van der Waals surface area contributed by atoms with Crippen LogP contribution in [0.15, 0.2) is 36.5 Å². The van der Waals surface area contributed by atoms with Crippen molar-refractivity contribution in [2.75, 3.05) is 50.9 Å². The highest BCUT2D eigenvalue weighted by molar-refractivity contribution is 6.02. The Morgan fingerprint density at radius 1 is 1.13 bits per heavy atom. The second-order valence-electron chi connectivity index (χ2n) is 12.9. The lowest BCUT2D eigenvalue weighted by Crippen LogP contribution is -2.43. The summed E-state index contributed by atoms with van der Waals surface area (Å²) in [4.78, 5) is 17.5. The van der Waals surface area contributed by atoms with Crippen molar-refractivity contribution in [1.29, 1.82) is 0 Å². The fraction of sp³-hybridized carbons (Fsp3) is 0.441. The van der Waals surface area contributed by atoms with Gasteiger partial charge in [0.2, 0.25) is 0 Å². The molecule has 0 amide bonds. The molecule has 46 heavy (non-hydrogen) atoms. The number of hydrogen-bond donors (Lipinski definition) is 1. The van der Waals surface area contributed by atoms with Gasteiger partial charge in [0.05, 0.1) is 35.7 Å². The van der Waals surface area contributed by atoms with E-state index in [0.29, 0.717) is 55.5 Å². The van der Waals surface area contributed by atoms with Gasteiger partial charge in [0.25, 0.3) is 0 Å². The highest BCUT2D eigenvalue weighted by Crippen LogP contribution is 2.46. The SMILES string of the molecule is C#Cc1c(F)ccc2cccc(-c3ncc4c(N5CCOC[C@H]6[C@H](F)[C@H]65)nc(OC[C@]56C[C@@H](F)CN5C[C@@H](CN)C6)nc4c3F)c12. The van der Waals surface area contributed by atoms with Crippen LogP contribution in [0, 0.1) is 35.8 Å². The first-order valence-electron chi connectivity index (χ1n) is 15.6. The van der Waals surface area contributed by atoms with Crippen LogP contribution in [-0.2, 0) is 4.74 Å². The van der Waals surface area contributed by atoms with E-state index < -0.39 is 35.6 Å². The fourth-order valence-corrected chi connectivity index (χ4v) is 7.87. The fourth-order valence-electron chi connectivity index (χ4n) is 7.87. The van der Waals surface area contributed by atoms with Gasteiger partial charge in [-0.2, -0.15) is 9.97 Å². The molecule has 4 aromatic rings. The molecule has 4 aliphatic rings. The lowest BCUT2D eigenvalue weighted by atomic mass is 9.90. The third-order valence-electron chi connectivity index (χ3n) is 10.1. The highest BCUT2D eigenvalue weighted by Gasteiger charge is 2.57. The third-order valence-corrected chi connectivity index (χ3v) is 10.1. The molecule has 5 heterocycles. The van der Waals surface area contributed by atoms with Gasteiger partial charge in [0.15, 0.2) is 5.82 Å². The van der Waals surface area contributed by atoms with Crippen LogP contribution in [0.4, 0.5) is 23.4 Å². The average molecular weight is 633 g/mol. The van der Waals surface area contributed by atoms with Crippen LogP contribution in [0.1, 0.15) is 18.4 Å². The molecule has 0 spiro atoms. The second kappa shape index (κ2) is 11.0. The topological polar surface area (TPSA) is 89.6 Å². The monoisotopic (exact) mass is 632 g/mol. The number of rotatable bonds is 6. The van der Waals surface area contributed by atoms with Gasteiger partial charge in [-0.1, -0.05) is 30.2 Å². The highest BCUT2D eigenvalue weighted by atomic mass is 19.1. The summed E-state index contributed by atoms with van der Waals surface area (Å²) in [6, 6.07) is 7.35. The van der Waals surface area contributed by atoms with Crippen LogP contribution in [0.2, 0.25) is 0 Å². The maximum Gasteiger partial charge on any atom is 0.319 e. The summed E-state index contributed by atoms with van der Waals surface area (Å²) < 4.78 is 73.0. The van der Waals surface area contributed by atoms with E-state index in [4.69, 9.17) is 26.6 Å². The van der Waals surface area contributed by atoms with E-state index in [1.54, 1.807) is 29.2 Å². The van der Waals surface area contributed by atoms with Crippen LogP contribution < -0.4 is 15.4 Å². The molecule has 1 saturated carbocycles. The summed E-state index contributed by atoms with van der Waals surface area (Å²) in [7, 11) is 0. The maximum atomic E-state index is 16.8. The van der Waals surface area contributed by atoms with E-state index in [1.807, 2.05) is 0 Å². The number of terminal acetylenes is 1. The van der Waals surface area contributed by atoms with Crippen molar-refractivity contribution in [2.45, 2.75) is 36.8 Å². The molecule has 0 bridgehead atoms. The molecule has 3 aliphatic heterocycles. The molecule has 4 fully saturated rings. The molecule has 1 aliphatic carbocycles. The minimum absolute atomic E-state index is 0.000913. The van der Waals surface area contributed by atoms with Crippen molar-refractivity contribution in [2.24, 2.45) is 17.6 Å². The predicted molar refractivity (Wildman–Crippen MR) is 165 cm³/mol. The van der Waals surface area contributed by atoms with Crippen molar-refractivity contribution >= 4 is 27.5 Å². The summed E-state index contributed by atoms with van der Waals surface area (Å²) in [6.45, 7) is 2.48. The minimum atomic E-state index is -1.13. The average Bonchev–Trinajstić information content (AvgIpc) is 3.51. The molecule has 8 rings (SSSR count). The van der Waals surface area contributed by atoms with Crippen LogP contribution in [0.5, 0.6) is 6.01 Å². The lowest BCUT2D eigenvalue weighted by molar-refractivity contribution is 0.107. The number of aromatic nitrogens is 3. The number of fused-ring (bicyclic) bond motifs is 4. The van der Waals surface area contributed by atoms with E-state index in [1.165, 1.54) is 12.3 Å². The minimum Gasteiger partial charge on any atom is -0.461 e. The number of halogens is 4. The van der Waals surface area contributed by atoms with Crippen LogP contribution in [-0.4, -0.2) is 89.8 Å². The number of alkyl halides is 2. The molecule has 238 valence electrons. The molecule has 2 N–H and O–H groups in total. The van der Waals surface area contributed by atoms with Gasteiger partial charge in [0.1, 0.15) is 41.8 Å². The predicted octanol–water partition coefficient (Wildman–Crippen LogP) is 4.42. The smallest absolute Gasteiger partial charge is 0.319 e. The van der Waals surface area contributed by atoms with Crippen molar-refractivity contribution in [1.82, 2.24) is 19.9 Å². The summed E-state index contributed by atoms with van der Waals surface area (Å²) in [5.74, 6) is 1.16. The van der Waals surface area contributed by atoms with Gasteiger partial charge in [-0.25, -0.2) is 17.6 Å². The first-order chi connectivity index (χ1) is 22.3. The van der Waals surface area contributed by atoms with Crippen molar-refractivity contribution in [3.63, 3.8) is 0 Å². The first-order valence-corrected chi connectivity index (χ1v) is 15.6. The van der Waals surface area contributed by atoms with Crippen molar-refractivity contribution in [3.8, 4) is 29.6 Å². The van der Waals surface area contributed by atoms with Gasteiger partial charge < -0.3 is 20.1 Å². The van der Waals surface area contributed by atoms with Crippen LogP contribution in [0.3, 0.4) is 0 Å². The van der Waals surface area contributed by atoms with Gasteiger partial charge in [-0.05, 0) is 30.3 Å². The molecular weight excluding hydrogens is 600 g/mol. The van der Waals surface area contributed by atoms with E-state index in [-0.39, 0.29) is 65.5 Å².